The Kier molecular flexibility index (Phi) is 11.1. The van der Waals surface area contributed by atoms with Crippen molar-refractivity contribution in [3.63, 3.8) is 0 Å². The quantitative estimate of drug-likeness (QED) is 0.0968. The van der Waals surface area contributed by atoms with E-state index < -0.39 is 17.6 Å². The molecule has 3 heterocycles. The minimum absolute atomic E-state index is 0.226. The highest BCUT2D eigenvalue weighted by Crippen LogP contribution is 2.43. The number of likely N-dealkylation sites (tertiary alicyclic amines) is 1. The maximum absolute atomic E-state index is 13.6. The second kappa shape index (κ2) is 16.0. The molecule has 288 valence electrons. The summed E-state index contributed by atoms with van der Waals surface area (Å²) in [6.45, 7) is 9.61. The number of hydrogen-bond donors (Lipinski definition) is 5. The molecule has 1 atom stereocenters. The van der Waals surface area contributed by atoms with E-state index >= 15 is 0 Å². The molecule has 2 aromatic carbocycles. The molecule has 2 amide bonds. The molecular formula is C43H50N6O6. The number of β-amino-alcohol motifs (C(OH)–C–C–N with tert-alkyl or cyclic N) is 1. The van der Waals surface area contributed by atoms with Crippen LogP contribution in [0.2, 0.25) is 0 Å². The Morgan fingerprint density at radius 2 is 1.36 bits per heavy atom. The van der Waals surface area contributed by atoms with Gasteiger partial charge in [-0.1, -0.05) is 24.3 Å². The number of nitrogens with one attached hydrogen (secondary N) is 3. The third-order valence-corrected chi connectivity index (χ3v) is 10.8. The Balaban J connectivity index is 1.05. The van der Waals surface area contributed by atoms with Gasteiger partial charge in [-0.25, -0.2) is 0 Å². The summed E-state index contributed by atoms with van der Waals surface area (Å²) < 4.78 is 5.05. The molecule has 0 unspecified atom stereocenters. The molecule has 7 rings (SSSR count). The summed E-state index contributed by atoms with van der Waals surface area (Å²) in [4.78, 5) is 50.6. The molecule has 1 saturated heterocycles. The number of aromatic nitrogens is 2. The molecule has 4 aromatic rings. The van der Waals surface area contributed by atoms with Gasteiger partial charge in [-0.3, -0.25) is 34.6 Å². The van der Waals surface area contributed by atoms with Crippen LogP contribution in [0.15, 0.2) is 60.9 Å². The van der Waals surface area contributed by atoms with E-state index in [0.29, 0.717) is 60.8 Å². The predicted octanol–water partition coefficient (Wildman–Crippen LogP) is 5.60. The fourth-order valence-electron chi connectivity index (χ4n) is 7.54. The topological polar surface area (TPSA) is 166 Å². The number of aliphatic hydroxyl groups excluding tert-OH is 1. The van der Waals surface area contributed by atoms with Crippen molar-refractivity contribution in [2.24, 2.45) is 0 Å². The van der Waals surface area contributed by atoms with Gasteiger partial charge in [0.15, 0.2) is 0 Å². The van der Waals surface area contributed by atoms with E-state index in [-0.39, 0.29) is 25.0 Å². The van der Waals surface area contributed by atoms with Crippen LogP contribution in [0, 0.1) is 13.8 Å². The summed E-state index contributed by atoms with van der Waals surface area (Å²) >= 11 is 0. The summed E-state index contributed by atoms with van der Waals surface area (Å²) in [5.74, 6) is -0.366. The number of pyridine rings is 2. The van der Waals surface area contributed by atoms with E-state index in [2.05, 4.69) is 30.8 Å². The van der Waals surface area contributed by atoms with Crippen LogP contribution < -0.4 is 16.0 Å². The number of rotatable bonds is 15. The molecule has 0 bridgehead atoms. The second-order valence-electron chi connectivity index (χ2n) is 15.5. The van der Waals surface area contributed by atoms with E-state index in [9.17, 15) is 24.6 Å². The molecule has 5 N–H and O–H groups in total. The van der Waals surface area contributed by atoms with Gasteiger partial charge in [0.2, 0.25) is 0 Å². The van der Waals surface area contributed by atoms with Crippen molar-refractivity contribution in [2.75, 3.05) is 36.9 Å². The zero-order valence-electron chi connectivity index (χ0n) is 31.9. The Morgan fingerprint density at radius 1 is 0.855 bits per heavy atom. The molecular weight excluding hydrogens is 697 g/mol. The van der Waals surface area contributed by atoms with Gasteiger partial charge < -0.3 is 25.6 Å². The van der Waals surface area contributed by atoms with E-state index in [1.165, 1.54) is 5.56 Å². The number of anilines is 2. The lowest BCUT2D eigenvalue weighted by atomic mass is 9.94. The number of carbonyl (C=O) groups is 3. The first-order chi connectivity index (χ1) is 26.4. The molecule has 12 heteroatoms. The van der Waals surface area contributed by atoms with Crippen molar-refractivity contribution < 1.29 is 29.3 Å². The lowest BCUT2D eigenvalue weighted by Crippen LogP contribution is -2.59. The molecule has 12 nitrogen and oxygen atoms in total. The first-order valence-corrected chi connectivity index (χ1v) is 19.2. The highest BCUT2D eigenvalue weighted by molar-refractivity contribution is 6.05. The molecule has 0 spiro atoms. The Morgan fingerprint density at radius 3 is 1.84 bits per heavy atom. The SMILES string of the molecule is CCOC(=O)[C@@H](CO)NCc1cnc(C(=O)Nc2cccc(-c3cccc(NC(=O)c4cc(C5CC5)c(CN5CC(C)(O)C5)cn4)c3C)c2C)cc1C1CC1. The van der Waals surface area contributed by atoms with Crippen LogP contribution in [0.3, 0.4) is 0 Å². The first-order valence-electron chi connectivity index (χ1n) is 19.2. The van der Waals surface area contributed by atoms with Crippen LogP contribution in [0.25, 0.3) is 11.1 Å². The maximum Gasteiger partial charge on any atom is 0.325 e. The van der Waals surface area contributed by atoms with Gasteiger partial charge >= 0.3 is 5.97 Å². The van der Waals surface area contributed by atoms with Crippen molar-refractivity contribution in [1.29, 1.82) is 0 Å². The van der Waals surface area contributed by atoms with E-state index in [4.69, 9.17) is 4.74 Å². The van der Waals surface area contributed by atoms with Crippen molar-refractivity contribution in [3.05, 3.63) is 106 Å². The zero-order valence-corrected chi connectivity index (χ0v) is 31.9. The largest absolute Gasteiger partial charge is 0.465 e. The van der Waals surface area contributed by atoms with Crippen LogP contribution in [0.5, 0.6) is 0 Å². The summed E-state index contributed by atoms with van der Waals surface area (Å²) in [7, 11) is 0. The van der Waals surface area contributed by atoms with Crippen LogP contribution in [0.1, 0.15) is 106 Å². The maximum atomic E-state index is 13.6. The van der Waals surface area contributed by atoms with Gasteiger partial charge in [-0.2, -0.15) is 0 Å². The molecule has 55 heavy (non-hydrogen) atoms. The number of esters is 1. The van der Waals surface area contributed by atoms with Gasteiger partial charge in [0.1, 0.15) is 17.4 Å². The number of carbonyl (C=O) groups excluding carboxylic acids is 3. The van der Waals surface area contributed by atoms with Crippen LogP contribution >= 0.6 is 0 Å². The number of nitrogens with zero attached hydrogens (tertiary/aromatic N) is 3. The molecule has 2 saturated carbocycles. The van der Waals surface area contributed by atoms with Gasteiger partial charge in [0.05, 0.1) is 18.8 Å². The monoisotopic (exact) mass is 746 g/mol. The van der Waals surface area contributed by atoms with Gasteiger partial charge in [-0.15, -0.1) is 0 Å². The van der Waals surface area contributed by atoms with E-state index in [0.717, 1.165) is 64.6 Å². The average molecular weight is 747 g/mol. The molecule has 2 aliphatic carbocycles. The van der Waals surface area contributed by atoms with Crippen LogP contribution in [-0.2, 0) is 22.6 Å². The lowest BCUT2D eigenvalue weighted by molar-refractivity contribution is -0.146. The third-order valence-electron chi connectivity index (χ3n) is 10.8. The minimum Gasteiger partial charge on any atom is -0.465 e. The van der Waals surface area contributed by atoms with Crippen LogP contribution in [0.4, 0.5) is 11.4 Å². The summed E-state index contributed by atoms with van der Waals surface area (Å²) in [6, 6.07) is 14.5. The molecule has 1 aliphatic heterocycles. The van der Waals surface area contributed by atoms with Crippen molar-refractivity contribution in [2.45, 2.75) is 89.9 Å². The molecule has 3 aliphatic rings. The highest BCUT2D eigenvalue weighted by Gasteiger charge is 2.37. The number of amides is 2. The molecule has 2 aromatic heterocycles. The van der Waals surface area contributed by atoms with Gasteiger partial charge in [0, 0.05) is 49.9 Å². The predicted molar refractivity (Wildman–Crippen MR) is 210 cm³/mol. The van der Waals surface area contributed by atoms with Gasteiger partial charge in [0.25, 0.3) is 11.8 Å². The number of benzene rings is 2. The Labute approximate surface area is 321 Å². The normalized spacial score (nSPS) is 16.9. The lowest BCUT2D eigenvalue weighted by Gasteiger charge is -2.44. The second-order valence-corrected chi connectivity index (χ2v) is 15.5. The number of hydrogen-bond acceptors (Lipinski definition) is 10. The van der Waals surface area contributed by atoms with Gasteiger partial charge in [-0.05, 0) is 134 Å². The van der Waals surface area contributed by atoms with Crippen LogP contribution in [-0.4, -0.2) is 80.8 Å². The first kappa shape index (κ1) is 38.3. The smallest absolute Gasteiger partial charge is 0.325 e. The standard InChI is InChI=1S/C43H50N6O6/c1-5-55-42(53)39(22-50)46-19-29-18-44-37(16-33(29)27-12-13-27)40(51)47-35-10-6-8-31(25(35)2)32-9-7-11-36(26(32)3)48-41(52)38-17-34(28-14-15-28)30(20-45-38)21-49-23-43(4,54)24-49/h6-11,16-18,20,27-28,39,46,50,54H,5,12-15,19,21-24H2,1-4H3,(H,47,51)(H,48,52)/t39-/m1/s1. The molecule has 0 radical (unpaired) electrons. The minimum atomic E-state index is -0.845. The number of ether oxygens (including phenoxy) is 1. The molecule has 3 fully saturated rings. The Hall–Kier alpha value is -5.01. The summed E-state index contributed by atoms with van der Waals surface area (Å²) in [5, 5.41) is 29.1. The summed E-state index contributed by atoms with van der Waals surface area (Å²) in [5.41, 5.74) is 9.11. The van der Waals surface area contributed by atoms with Crippen molar-refractivity contribution in [1.82, 2.24) is 20.2 Å². The Bertz CT molecular complexity index is 2100. The zero-order chi connectivity index (χ0) is 38.9. The third kappa shape index (κ3) is 8.78. The highest BCUT2D eigenvalue weighted by atomic mass is 16.5. The van der Waals surface area contributed by atoms with E-state index in [1.54, 1.807) is 13.1 Å². The fourth-order valence-corrected chi connectivity index (χ4v) is 7.54. The fraction of sp³-hybridized carbons (Fsp3) is 0.419. The van der Waals surface area contributed by atoms with Crippen molar-refractivity contribution >= 4 is 29.2 Å². The summed E-state index contributed by atoms with van der Waals surface area (Å²) in [6.07, 6.45) is 7.70. The van der Waals surface area contributed by atoms with Crippen molar-refractivity contribution in [3.8, 4) is 11.1 Å². The van der Waals surface area contributed by atoms with E-state index in [1.807, 2.05) is 75.5 Å². The average Bonchev–Trinajstić information content (AvgIpc) is 4.08. The number of aliphatic hydroxyl groups is 2.